The standard InChI is InChI=1S/C23H28FN3O2/c1-17(28)19-7-10-22(21(24)16-19)26-12-14-27(15-13-26)23(29)11-6-18-4-8-20(9-5-18)25(2)3/h4-5,7-10,16H,6,11-15H2,1-3H3. The first-order chi connectivity index (χ1) is 13.8. The lowest BCUT2D eigenvalue weighted by molar-refractivity contribution is -0.131. The Balaban J connectivity index is 1.51. The minimum absolute atomic E-state index is 0.133. The number of benzene rings is 2. The first kappa shape index (κ1) is 20.8. The number of carbonyl (C=O) groups excluding carboxylic acids is 2. The van der Waals surface area contributed by atoms with E-state index in [0.717, 1.165) is 11.3 Å². The highest BCUT2D eigenvalue weighted by molar-refractivity contribution is 5.94. The summed E-state index contributed by atoms with van der Waals surface area (Å²) in [6.07, 6.45) is 1.19. The van der Waals surface area contributed by atoms with Gasteiger partial charge >= 0.3 is 0 Å². The number of halogens is 1. The monoisotopic (exact) mass is 397 g/mol. The molecule has 29 heavy (non-hydrogen) atoms. The van der Waals surface area contributed by atoms with Gasteiger partial charge in [0, 0.05) is 57.9 Å². The number of carbonyl (C=O) groups is 2. The fraction of sp³-hybridized carbons (Fsp3) is 0.391. The van der Waals surface area contributed by atoms with Crippen molar-refractivity contribution in [1.82, 2.24) is 4.90 Å². The van der Waals surface area contributed by atoms with Crippen LogP contribution in [0, 0.1) is 5.82 Å². The Morgan fingerprint density at radius 3 is 2.21 bits per heavy atom. The van der Waals surface area contributed by atoms with Crippen molar-refractivity contribution in [3.05, 3.63) is 59.4 Å². The molecule has 2 aromatic carbocycles. The van der Waals surface area contributed by atoms with Crippen LogP contribution in [0.25, 0.3) is 0 Å². The summed E-state index contributed by atoms with van der Waals surface area (Å²) in [7, 11) is 4.00. The Bertz CT molecular complexity index is 872. The summed E-state index contributed by atoms with van der Waals surface area (Å²) in [6.45, 7) is 3.74. The van der Waals surface area contributed by atoms with E-state index >= 15 is 0 Å². The highest BCUT2D eigenvalue weighted by Crippen LogP contribution is 2.22. The average Bonchev–Trinajstić information content (AvgIpc) is 2.72. The number of amides is 1. The lowest BCUT2D eigenvalue weighted by Gasteiger charge is -2.36. The first-order valence-corrected chi connectivity index (χ1v) is 9.94. The highest BCUT2D eigenvalue weighted by Gasteiger charge is 2.23. The van der Waals surface area contributed by atoms with Gasteiger partial charge < -0.3 is 14.7 Å². The number of ketones is 1. The van der Waals surface area contributed by atoms with Crippen molar-refractivity contribution in [3.8, 4) is 0 Å². The Labute approximate surface area is 171 Å². The second kappa shape index (κ2) is 9.07. The van der Waals surface area contributed by atoms with Crippen molar-refractivity contribution in [2.45, 2.75) is 19.8 Å². The lowest BCUT2D eigenvalue weighted by Crippen LogP contribution is -2.49. The molecular formula is C23H28FN3O2. The van der Waals surface area contributed by atoms with Crippen LogP contribution in [0.2, 0.25) is 0 Å². The van der Waals surface area contributed by atoms with Crippen LogP contribution in [0.3, 0.4) is 0 Å². The van der Waals surface area contributed by atoms with E-state index < -0.39 is 5.82 Å². The molecule has 0 bridgehead atoms. The maximum atomic E-state index is 14.4. The van der Waals surface area contributed by atoms with Gasteiger partial charge in [0.05, 0.1) is 5.69 Å². The smallest absolute Gasteiger partial charge is 0.223 e. The van der Waals surface area contributed by atoms with Gasteiger partial charge in [-0.05, 0) is 49.2 Å². The predicted molar refractivity (Wildman–Crippen MR) is 114 cm³/mol. The van der Waals surface area contributed by atoms with Crippen molar-refractivity contribution in [3.63, 3.8) is 0 Å². The van der Waals surface area contributed by atoms with Crippen LogP contribution in [-0.4, -0.2) is 56.9 Å². The van der Waals surface area contributed by atoms with E-state index in [4.69, 9.17) is 0 Å². The van der Waals surface area contributed by atoms with E-state index in [1.807, 2.05) is 28.8 Å². The summed E-state index contributed by atoms with van der Waals surface area (Å²) >= 11 is 0. The zero-order valence-corrected chi connectivity index (χ0v) is 17.3. The van der Waals surface area contributed by atoms with Crippen LogP contribution in [0.15, 0.2) is 42.5 Å². The van der Waals surface area contributed by atoms with Gasteiger partial charge in [-0.1, -0.05) is 12.1 Å². The molecular weight excluding hydrogens is 369 g/mol. The molecule has 1 aliphatic rings. The summed E-state index contributed by atoms with van der Waals surface area (Å²) in [5, 5.41) is 0. The second-order valence-corrected chi connectivity index (χ2v) is 7.65. The predicted octanol–water partition coefficient (Wildman–Crippen LogP) is 3.38. The Hall–Kier alpha value is -2.89. The third kappa shape index (κ3) is 5.13. The van der Waals surface area contributed by atoms with Gasteiger partial charge in [0.2, 0.25) is 5.91 Å². The number of aryl methyl sites for hydroxylation is 1. The number of hydrogen-bond donors (Lipinski definition) is 0. The van der Waals surface area contributed by atoms with Gasteiger partial charge in [0.1, 0.15) is 5.82 Å². The molecule has 0 unspecified atom stereocenters. The molecule has 154 valence electrons. The zero-order valence-electron chi connectivity index (χ0n) is 17.3. The molecule has 1 aliphatic heterocycles. The molecule has 3 rings (SSSR count). The molecule has 1 fully saturated rings. The van der Waals surface area contributed by atoms with Crippen LogP contribution in [-0.2, 0) is 11.2 Å². The maximum absolute atomic E-state index is 14.4. The highest BCUT2D eigenvalue weighted by atomic mass is 19.1. The third-order valence-electron chi connectivity index (χ3n) is 5.41. The molecule has 0 aliphatic carbocycles. The van der Waals surface area contributed by atoms with E-state index in [9.17, 15) is 14.0 Å². The van der Waals surface area contributed by atoms with Crippen molar-refractivity contribution in [2.24, 2.45) is 0 Å². The minimum Gasteiger partial charge on any atom is -0.378 e. The van der Waals surface area contributed by atoms with Crippen molar-refractivity contribution >= 4 is 23.1 Å². The van der Waals surface area contributed by atoms with E-state index in [0.29, 0.717) is 50.3 Å². The molecule has 0 saturated carbocycles. The van der Waals surface area contributed by atoms with E-state index in [-0.39, 0.29) is 11.7 Å². The number of rotatable bonds is 6. The van der Waals surface area contributed by atoms with Crippen LogP contribution in [0.4, 0.5) is 15.8 Å². The van der Waals surface area contributed by atoms with Gasteiger partial charge in [-0.3, -0.25) is 9.59 Å². The maximum Gasteiger partial charge on any atom is 0.223 e. The molecule has 0 aromatic heterocycles. The fourth-order valence-corrected chi connectivity index (χ4v) is 3.55. The number of Topliss-reactive ketones (excluding diaryl/α,β-unsaturated/α-hetero) is 1. The molecule has 2 aromatic rings. The average molecular weight is 397 g/mol. The number of hydrogen-bond acceptors (Lipinski definition) is 4. The van der Waals surface area contributed by atoms with Gasteiger partial charge in [0.15, 0.2) is 5.78 Å². The van der Waals surface area contributed by atoms with Crippen LogP contribution in [0.5, 0.6) is 0 Å². The summed E-state index contributed by atoms with van der Waals surface area (Å²) in [5.41, 5.74) is 3.15. The molecule has 5 nitrogen and oxygen atoms in total. The molecule has 1 saturated heterocycles. The quantitative estimate of drug-likeness (QED) is 0.701. The van der Waals surface area contributed by atoms with Gasteiger partial charge in [-0.25, -0.2) is 4.39 Å². The Morgan fingerprint density at radius 2 is 1.66 bits per heavy atom. The van der Waals surface area contributed by atoms with Gasteiger partial charge in [-0.2, -0.15) is 0 Å². The SMILES string of the molecule is CC(=O)c1ccc(N2CCN(C(=O)CCc3ccc(N(C)C)cc3)CC2)c(F)c1. The van der Waals surface area contributed by atoms with Crippen molar-refractivity contribution in [1.29, 1.82) is 0 Å². The van der Waals surface area contributed by atoms with Crippen LogP contribution >= 0.6 is 0 Å². The summed E-state index contributed by atoms with van der Waals surface area (Å²) in [4.78, 5) is 29.8. The van der Waals surface area contributed by atoms with Crippen molar-refractivity contribution < 1.29 is 14.0 Å². The molecule has 0 radical (unpaired) electrons. The van der Waals surface area contributed by atoms with E-state index in [1.165, 1.54) is 13.0 Å². The molecule has 1 heterocycles. The van der Waals surface area contributed by atoms with E-state index in [2.05, 4.69) is 24.3 Å². The Morgan fingerprint density at radius 1 is 1.00 bits per heavy atom. The number of anilines is 2. The third-order valence-corrected chi connectivity index (χ3v) is 5.41. The lowest BCUT2D eigenvalue weighted by atomic mass is 10.1. The van der Waals surface area contributed by atoms with Crippen molar-refractivity contribution in [2.75, 3.05) is 50.1 Å². The Kier molecular flexibility index (Phi) is 6.52. The topological polar surface area (TPSA) is 43.9 Å². The summed E-state index contributed by atoms with van der Waals surface area (Å²) in [5.74, 6) is -0.408. The molecule has 0 spiro atoms. The molecule has 1 amide bonds. The number of piperazine rings is 1. The zero-order chi connectivity index (χ0) is 21.0. The second-order valence-electron chi connectivity index (χ2n) is 7.65. The van der Waals surface area contributed by atoms with Crippen LogP contribution in [0.1, 0.15) is 29.3 Å². The molecule has 0 N–H and O–H groups in total. The van der Waals surface area contributed by atoms with E-state index in [1.54, 1.807) is 12.1 Å². The number of nitrogens with zero attached hydrogens (tertiary/aromatic N) is 3. The minimum atomic E-state index is -0.390. The fourth-order valence-electron chi connectivity index (χ4n) is 3.55. The van der Waals surface area contributed by atoms with Gasteiger partial charge in [0.25, 0.3) is 0 Å². The molecule has 6 heteroatoms. The summed E-state index contributed by atoms with van der Waals surface area (Å²) < 4.78 is 14.4. The first-order valence-electron chi connectivity index (χ1n) is 9.94. The largest absolute Gasteiger partial charge is 0.378 e. The van der Waals surface area contributed by atoms with Crippen LogP contribution < -0.4 is 9.80 Å². The van der Waals surface area contributed by atoms with Gasteiger partial charge in [-0.15, -0.1) is 0 Å². The normalized spacial score (nSPS) is 14.1. The molecule has 0 atom stereocenters. The summed E-state index contributed by atoms with van der Waals surface area (Å²) in [6, 6.07) is 12.8.